The summed E-state index contributed by atoms with van der Waals surface area (Å²) in [7, 11) is 1.98. The number of thiazole rings is 1. The number of nitrogens with one attached hydrogen (secondary N) is 2. The zero-order valence-electron chi connectivity index (χ0n) is 9.73. The first-order valence-electron chi connectivity index (χ1n) is 5.58. The first kappa shape index (κ1) is 11.6. The van der Waals surface area contributed by atoms with E-state index in [1.54, 1.807) is 11.3 Å². The van der Waals surface area contributed by atoms with Crippen LogP contribution in [0.25, 0.3) is 4.96 Å². The van der Waals surface area contributed by atoms with Crippen LogP contribution in [0, 0.1) is 0 Å². The van der Waals surface area contributed by atoms with Crippen LogP contribution in [0.5, 0.6) is 0 Å². The highest BCUT2D eigenvalue weighted by Crippen LogP contribution is 2.14. The number of imidazole rings is 1. The monoisotopic (exact) mass is 238 g/mol. The van der Waals surface area contributed by atoms with Gasteiger partial charge in [-0.2, -0.15) is 0 Å². The van der Waals surface area contributed by atoms with Gasteiger partial charge in [-0.15, -0.1) is 11.3 Å². The Morgan fingerprint density at radius 1 is 1.56 bits per heavy atom. The summed E-state index contributed by atoms with van der Waals surface area (Å²) >= 11 is 1.70. The molecule has 2 N–H and O–H groups in total. The molecule has 4 nitrogen and oxygen atoms in total. The van der Waals surface area contributed by atoms with Gasteiger partial charge in [0.25, 0.3) is 0 Å². The molecule has 2 aromatic heterocycles. The van der Waals surface area contributed by atoms with E-state index in [4.69, 9.17) is 0 Å². The SMILES string of the molecule is CNCC(C)NCCc1csc2nccn12. The predicted octanol–water partition coefficient (Wildman–Crippen LogP) is 1.14. The van der Waals surface area contributed by atoms with Crippen molar-refractivity contribution in [3.8, 4) is 0 Å². The van der Waals surface area contributed by atoms with E-state index in [0.717, 1.165) is 24.5 Å². The van der Waals surface area contributed by atoms with E-state index >= 15 is 0 Å². The van der Waals surface area contributed by atoms with Crippen LogP contribution in [0.1, 0.15) is 12.6 Å². The summed E-state index contributed by atoms with van der Waals surface area (Å²) in [5, 5.41) is 8.84. The highest BCUT2D eigenvalue weighted by atomic mass is 32.1. The molecule has 0 amide bonds. The van der Waals surface area contributed by atoms with E-state index < -0.39 is 0 Å². The number of likely N-dealkylation sites (N-methyl/N-ethyl adjacent to an activating group) is 1. The van der Waals surface area contributed by atoms with Crippen molar-refractivity contribution in [3.05, 3.63) is 23.5 Å². The van der Waals surface area contributed by atoms with Crippen molar-refractivity contribution in [3.63, 3.8) is 0 Å². The molecule has 0 aliphatic rings. The molecular formula is C11H18N4S. The molecule has 88 valence electrons. The number of fused-ring (bicyclic) bond motifs is 1. The van der Waals surface area contributed by atoms with E-state index in [1.165, 1.54) is 5.69 Å². The van der Waals surface area contributed by atoms with Crippen LogP contribution in [0.4, 0.5) is 0 Å². The molecule has 0 saturated heterocycles. The van der Waals surface area contributed by atoms with Crippen molar-refractivity contribution < 1.29 is 0 Å². The normalized spacial score (nSPS) is 13.4. The van der Waals surface area contributed by atoms with Gasteiger partial charge in [-0.1, -0.05) is 0 Å². The third-order valence-electron chi connectivity index (χ3n) is 2.60. The second kappa shape index (κ2) is 5.43. The maximum Gasteiger partial charge on any atom is 0.193 e. The Labute approximate surface area is 99.7 Å². The lowest BCUT2D eigenvalue weighted by molar-refractivity contribution is 0.524. The number of rotatable bonds is 6. The summed E-state index contributed by atoms with van der Waals surface area (Å²) in [6.07, 6.45) is 4.93. The molecule has 2 aromatic rings. The Bertz CT molecular complexity index is 434. The van der Waals surface area contributed by atoms with Gasteiger partial charge in [0.05, 0.1) is 0 Å². The number of hydrogen-bond donors (Lipinski definition) is 2. The molecule has 16 heavy (non-hydrogen) atoms. The smallest absolute Gasteiger partial charge is 0.193 e. The average Bonchev–Trinajstić information content (AvgIpc) is 2.82. The van der Waals surface area contributed by atoms with Gasteiger partial charge in [0, 0.05) is 49.0 Å². The van der Waals surface area contributed by atoms with Gasteiger partial charge in [-0.25, -0.2) is 4.98 Å². The Balaban J connectivity index is 1.84. The summed E-state index contributed by atoms with van der Waals surface area (Å²) in [6, 6.07) is 0.516. The van der Waals surface area contributed by atoms with Gasteiger partial charge < -0.3 is 10.6 Å². The third kappa shape index (κ3) is 2.61. The first-order valence-corrected chi connectivity index (χ1v) is 6.46. The molecule has 0 aromatic carbocycles. The lowest BCUT2D eigenvalue weighted by atomic mass is 10.3. The molecule has 1 unspecified atom stereocenters. The van der Waals surface area contributed by atoms with E-state index in [0.29, 0.717) is 6.04 Å². The van der Waals surface area contributed by atoms with Crippen LogP contribution in [-0.2, 0) is 6.42 Å². The van der Waals surface area contributed by atoms with Crippen LogP contribution in [0.15, 0.2) is 17.8 Å². The molecule has 5 heteroatoms. The predicted molar refractivity (Wildman–Crippen MR) is 68.2 cm³/mol. The van der Waals surface area contributed by atoms with Crippen LogP contribution >= 0.6 is 11.3 Å². The van der Waals surface area contributed by atoms with E-state index in [9.17, 15) is 0 Å². The fourth-order valence-corrected chi connectivity index (χ4v) is 2.66. The van der Waals surface area contributed by atoms with Crippen molar-refractivity contribution in [1.29, 1.82) is 0 Å². The van der Waals surface area contributed by atoms with Crippen molar-refractivity contribution in [2.45, 2.75) is 19.4 Å². The second-order valence-corrected chi connectivity index (χ2v) is 4.81. The third-order valence-corrected chi connectivity index (χ3v) is 3.50. The highest BCUT2D eigenvalue weighted by molar-refractivity contribution is 7.15. The van der Waals surface area contributed by atoms with Crippen molar-refractivity contribution in [2.24, 2.45) is 0 Å². The van der Waals surface area contributed by atoms with E-state index in [1.807, 2.05) is 19.4 Å². The van der Waals surface area contributed by atoms with Crippen LogP contribution < -0.4 is 10.6 Å². The van der Waals surface area contributed by atoms with Gasteiger partial charge in [0.1, 0.15) is 0 Å². The van der Waals surface area contributed by atoms with Crippen molar-refractivity contribution in [1.82, 2.24) is 20.0 Å². The largest absolute Gasteiger partial charge is 0.318 e. The van der Waals surface area contributed by atoms with Crippen molar-refractivity contribution in [2.75, 3.05) is 20.1 Å². The van der Waals surface area contributed by atoms with E-state index in [2.05, 4.69) is 32.3 Å². The lowest BCUT2D eigenvalue weighted by Crippen LogP contribution is -2.36. The fraction of sp³-hybridized carbons (Fsp3) is 0.545. The molecule has 2 heterocycles. The molecule has 0 saturated carbocycles. The minimum Gasteiger partial charge on any atom is -0.318 e. The number of aromatic nitrogens is 2. The van der Waals surface area contributed by atoms with E-state index in [-0.39, 0.29) is 0 Å². The summed E-state index contributed by atoms with van der Waals surface area (Å²) in [5.74, 6) is 0. The summed E-state index contributed by atoms with van der Waals surface area (Å²) in [6.45, 7) is 4.20. The lowest BCUT2D eigenvalue weighted by Gasteiger charge is -2.12. The fourth-order valence-electron chi connectivity index (χ4n) is 1.78. The van der Waals surface area contributed by atoms with Gasteiger partial charge in [-0.05, 0) is 14.0 Å². The molecular weight excluding hydrogens is 220 g/mol. The Morgan fingerprint density at radius 3 is 3.25 bits per heavy atom. The Hall–Kier alpha value is -0.910. The molecule has 2 rings (SSSR count). The summed E-state index contributed by atoms with van der Waals surface area (Å²) in [5.41, 5.74) is 1.33. The second-order valence-electron chi connectivity index (χ2n) is 3.97. The summed E-state index contributed by atoms with van der Waals surface area (Å²) in [4.78, 5) is 5.34. The molecule has 0 aliphatic carbocycles. The van der Waals surface area contributed by atoms with Crippen molar-refractivity contribution >= 4 is 16.3 Å². The van der Waals surface area contributed by atoms with Gasteiger partial charge in [0.15, 0.2) is 4.96 Å². The maximum atomic E-state index is 4.26. The van der Waals surface area contributed by atoms with Crippen LogP contribution in [-0.4, -0.2) is 35.6 Å². The van der Waals surface area contributed by atoms with Gasteiger partial charge >= 0.3 is 0 Å². The quantitative estimate of drug-likeness (QED) is 0.793. The maximum absolute atomic E-state index is 4.26. The molecule has 0 fully saturated rings. The Morgan fingerprint density at radius 2 is 2.44 bits per heavy atom. The Kier molecular flexibility index (Phi) is 3.93. The minimum atomic E-state index is 0.516. The number of hydrogen-bond acceptors (Lipinski definition) is 4. The van der Waals surface area contributed by atoms with Crippen LogP contribution in [0.3, 0.4) is 0 Å². The van der Waals surface area contributed by atoms with Gasteiger partial charge in [0.2, 0.25) is 0 Å². The average molecular weight is 238 g/mol. The molecule has 0 radical (unpaired) electrons. The zero-order chi connectivity index (χ0) is 11.4. The molecule has 0 bridgehead atoms. The molecule has 0 spiro atoms. The minimum absolute atomic E-state index is 0.516. The standard InChI is InChI=1S/C11H18N4S/c1-9(7-12-2)13-4-3-10-8-16-11-14-5-6-15(10)11/h5-6,8-9,12-13H,3-4,7H2,1-2H3. The topological polar surface area (TPSA) is 41.4 Å². The highest BCUT2D eigenvalue weighted by Gasteiger charge is 2.04. The molecule has 0 aliphatic heterocycles. The molecule has 1 atom stereocenters. The zero-order valence-corrected chi connectivity index (χ0v) is 10.5. The number of nitrogens with zero attached hydrogens (tertiary/aromatic N) is 2. The first-order chi connectivity index (χ1) is 7.81. The van der Waals surface area contributed by atoms with Crippen LogP contribution in [0.2, 0.25) is 0 Å². The van der Waals surface area contributed by atoms with Gasteiger partial charge in [-0.3, -0.25) is 4.40 Å². The summed E-state index contributed by atoms with van der Waals surface area (Å²) < 4.78 is 2.16.